The van der Waals surface area contributed by atoms with E-state index in [4.69, 9.17) is 11.6 Å². The zero-order valence-electron chi connectivity index (χ0n) is 20.5. The average Bonchev–Trinajstić information content (AvgIpc) is 3.36. The summed E-state index contributed by atoms with van der Waals surface area (Å²) in [5, 5.41) is 17.2. The van der Waals surface area contributed by atoms with Crippen LogP contribution >= 0.6 is 11.6 Å². The van der Waals surface area contributed by atoms with E-state index < -0.39 is 73.9 Å². The van der Waals surface area contributed by atoms with Gasteiger partial charge in [0.15, 0.2) is 27.3 Å². The number of fused-ring (bicyclic) bond motifs is 2. The van der Waals surface area contributed by atoms with Crippen molar-refractivity contribution in [1.29, 1.82) is 0 Å². The first-order valence-corrected chi connectivity index (χ1v) is 14.1. The van der Waals surface area contributed by atoms with E-state index >= 15 is 0 Å². The molecule has 1 heterocycles. The van der Waals surface area contributed by atoms with Crippen LogP contribution in [0.1, 0.15) is 29.6 Å². The Bertz CT molecular complexity index is 1490. The number of carbonyl (C=O) groups is 3. The zero-order chi connectivity index (χ0) is 29.0. The average molecular weight is 602 g/mol. The predicted octanol–water partition coefficient (Wildman–Crippen LogP) is 2.54. The van der Waals surface area contributed by atoms with Gasteiger partial charge in [0, 0.05) is 29.9 Å². The highest BCUT2D eigenvalue weighted by Crippen LogP contribution is 2.55. The maximum absolute atomic E-state index is 13.6. The van der Waals surface area contributed by atoms with Crippen molar-refractivity contribution in [3.63, 3.8) is 0 Å². The second-order valence-corrected chi connectivity index (χ2v) is 12.7. The molecule has 0 spiro atoms. The molecule has 2 unspecified atom stereocenters. The molecule has 3 amide bonds. The number of sulfone groups is 1. The van der Waals surface area contributed by atoms with Crippen LogP contribution in [-0.2, 0) is 19.4 Å². The van der Waals surface area contributed by atoms with Gasteiger partial charge in [-0.25, -0.2) is 26.4 Å². The highest BCUT2D eigenvalue weighted by molar-refractivity contribution is 7.92. The summed E-state index contributed by atoms with van der Waals surface area (Å²) in [4.78, 5) is 35.8. The lowest BCUT2D eigenvalue weighted by Gasteiger charge is -2.58. The van der Waals surface area contributed by atoms with Crippen molar-refractivity contribution in [1.82, 2.24) is 10.6 Å². The number of benzene rings is 2. The molecule has 214 valence electrons. The Morgan fingerprint density at radius 2 is 1.75 bits per heavy atom. The largest absolute Gasteiger partial charge is 0.447 e. The number of amides is 3. The van der Waals surface area contributed by atoms with Gasteiger partial charge in [0.05, 0.1) is 20.8 Å². The molecule has 10 nitrogen and oxygen atoms in total. The molecule has 4 N–H and O–H groups in total. The number of nitrogens with one attached hydrogen (secondary N) is 3. The predicted molar refractivity (Wildman–Crippen MR) is 134 cm³/mol. The van der Waals surface area contributed by atoms with Crippen molar-refractivity contribution in [2.75, 3.05) is 18.5 Å². The third-order valence-corrected chi connectivity index (χ3v) is 10.4. The number of halogens is 4. The molecule has 3 atom stereocenters. The maximum atomic E-state index is 13.6. The van der Waals surface area contributed by atoms with Crippen molar-refractivity contribution < 1.29 is 45.8 Å². The molecule has 4 aliphatic rings. The molecule has 2 aromatic rings. The third-order valence-electron chi connectivity index (χ3n) is 7.79. The summed E-state index contributed by atoms with van der Waals surface area (Å²) in [5.41, 5.74) is -1.87. The Kier molecular flexibility index (Phi) is 7.21. The summed E-state index contributed by atoms with van der Waals surface area (Å²) >= 11 is 6.20. The van der Waals surface area contributed by atoms with Crippen molar-refractivity contribution in [3.05, 3.63) is 58.4 Å². The smallest absolute Gasteiger partial charge is 0.407 e. The Labute approximate surface area is 231 Å². The van der Waals surface area contributed by atoms with Gasteiger partial charge in [-0.1, -0.05) is 11.6 Å². The van der Waals surface area contributed by atoms with E-state index in [1.807, 2.05) is 0 Å². The second kappa shape index (κ2) is 10.2. The Morgan fingerprint density at radius 3 is 2.35 bits per heavy atom. The third kappa shape index (κ3) is 4.99. The van der Waals surface area contributed by atoms with Gasteiger partial charge in [0.2, 0.25) is 5.91 Å². The minimum Gasteiger partial charge on any atom is -0.447 e. The molecule has 2 aromatic carbocycles. The van der Waals surface area contributed by atoms with Crippen LogP contribution in [0.15, 0.2) is 35.2 Å². The lowest BCUT2D eigenvalue weighted by atomic mass is 9.53. The highest BCUT2D eigenvalue weighted by Gasteiger charge is 2.60. The molecule has 15 heteroatoms. The first-order valence-electron chi connectivity index (χ1n) is 12.2. The van der Waals surface area contributed by atoms with Crippen molar-refractivity contribution in [2.24, 2.45) is 11.8 Å². The molecule has 3 saturated carbocycles. The lowest BCUT2D eigenvalue weighted by Crippen LogP contribution is -2.66. The Balaban J connectivity index is 1.27. The fourth-order valence-corrected chi connectivity index (χ4v) is 7.95. The number of alkyl carbamates (subject to hydrolysis) is 1. The van der Waals surface area contributed by atoms with Crippen molar-refractivity contribution >= 4 is 45.0 Å². The van der Waals surface area contributed by atoms with E-state index in [9.17, 15) is 41.1 Å². The molecular formula is C25H23ClF3N3O7S. The molecule has 1 saturated heterocycles. The molecular weight excluding hydrogens is 579 g/mol. The zero-order valence-corrected chi connectivity index (χ0v) is 22.1. The molecule has 0 aromatic heterocycles. The first kappa shape index (κ1) is 28.2. The fourth-order valence-electron chi connectivity index (χ4n) is 5.55. The van der Waals surface area contributed by atoms with Gasteiger partial charge in [-0.3, -0.25) is 9.59 Å². The van der Waals surface area contributed by atoms with Gasteiger partial charge >= 0.3 is 6.09 Å². The van der Waals surface area contributed by atoms with Crippen LogP contribution in [0.25, 0.3) is 0 Å². The Hall–Kier alpha value is -3.36. The van der Waals surface area contributed by atoms with Crippen LogP contribution in [0.5, 0.6) is 0 Å². The quantitative estimate of drug-likeness (QED) is 0.356. The monoisotopic (exact) mass is 601 g/mol. The number of ether oxygens (including phenoxy) is 1. The number of carbonyl (C=O) groups excluding carboxylic acids is 3. The van der Waals surface area contributed by atoms with Gasteiger partial charge in [0.25, 0.3) is 5.91 Å². The summed E-state index contributed by atoms with van der Waals surface area (Å²) in [5.74, 6) is -7.02. The summed E-state index contributed by atoms with van der Waals surface area (Å²) in [6.45, 7) is -0.257. The summed E-state index contributed by atoms with van der Waals surface area (Å²) in [6.07, 6.45) is -0.00113. The normalized spacial score (nSPS) is 27.3. The van der Waals surface area contributed by atoms with Gasteiger partial charge in [-0.15, -0.1) is 0 Å². The van der Waals surface area contributed by atoms with E-state index in [1.165, 1.54) is 12.1 Å². The van der Waals surface area contributed by atoms with Gasteiger partial charge < -0.3 is 25.8 Å². The number of aliphatic hydroxyl groups is 1. The van der Waals surface area contributed by atoms with E-state index in [0.29, 0.717) is 18.6 Å². The van der Waals surface area contributed by atoms with E-state index in [-0.39, 0.29) is 47.2 Å². The second-order valence-electron chi connectivity index (χ2n) is 10.1. The number of cyclic esters (lactones) is 1. The van der Waals surface area contributed by atoms with E-state index in [2.05, 4.69) is 20.7 Å². The number of rotatable bonds is 7. The SMILES string of the molecule is O=C1N[C@@H](C(=O)NCC2(O)C3CC2CC(S(=O)(=O)c2cc(C(=O)Nc4cc(F)c(F)c(F)c4)ccc2Cl)C3)CO1. The molecule has 1 aliphatic heterocycles. The standard InChI is InChI=1S/C25H23ClF3N3O7S/c26-16-2-1-11(22(33)31-14-7-17(27)21(29)18(28)8-14)3-20(16)40(37,38)15-5-12-4-13(6-15)25(12,36)10-30-23(34)19-9-39-24(35)32-19/h1-3,7-8,12-13,15,19,36H,4-6,9-10H2,(H,30,34)(H,31,33)(H,32,35)/t12?,13?,15?,19-,25?/m1/s1. The van der Waals surface area contributed by atoms with Crippen molar-refractivity contribution in [2.45, 2.75) is 41.1 Å². The minimum absolute atomic E-state index is 0.0787. The van der Waals surface area contributed by atoms with E-state index in [0.717, 1.165) is 6.07 Å². The Morgan fingerprint density at radius 1 is 1.10 bits per heavy atom. The van der Waals surface area contributed by atoms with Crippen LogP contribution in [-0.4, -0.2) is 61.5 Å². The maximum Gasteiger partial charge on any atom is 0.407 e. The fraction of sp³-hybridized carbons (Fsp3) is 0.400. The van der Waals surface area contributed by atoms with Crippen LogP contribution < -0.4 is 16.0 Å². The van der Waals surface area contributed by atoms with Crippen LogP contribution in [0.2, 0.25) is 5.02 Å². The molecule has 40 heavy (non-hydrogen) atoms. The van der Waals surface area contributed by atoms with Gasteiger partial charge in [0.1, 0.15) is 12.6 Å². The van der Waals surface area contributed by atoms with E-state index in [1.54, 1.807) is 0 Å². The molecule has 2 bridgehead atoms. The van der Waals surface area contributed by atoms with Crippen LogP contribution in [0, 0.1) is 29.3 Å². The summed E-state index contributed by atoms with van der Waals surface area (Å²) < 4.78 is 72.0. The van der Waals surface area contributed by atoms with Crippen LogP contribution in [0.3, 0.4) is 0 Å². The molecule has 0 radical (unpaired) electrons. The summed E-state index contributed by atoms with van der Waals surface area (Å²) in [7, 11) is -4.09. The minimum atomic E-state index is -4.09. The number of hydrogen-bond acceptors (Lipinski definition) is 7. The highest BCUT2D eigenvalue weighted by atomic mass is 35.5. The molecule has 4 fully saturated rings. The molecule has 6 rings (SSSR count). The summed E-state index contributed by atoms with van der Waals surface area (Å²) in [6, 6.07) is 3.77. The topological polar surface area (TPSA) is 151 Å². The lowest BCUT2D eigenvalue weighted by molar-refractivity contribution is -0.174. The van der Waals surface area contributed by atoms with Gasteiger partial charge in [-0.05, 0) is 49.3 Å². The van der Waals surface area contributed by atoms with Crippen LogP contribution in [0.4, 0.5) is 23.7 Å². The number of hydrogen-bond donors (Lipinski definition) is 4. The van der Waals surface area contributed by atoms with Gasteiger partial charge in [-0.2, -0.15) is 0 Å². The first-order chi connectivity index (χ1) is 18.8. The number of anilines is 1. The van der Waals surface area contributed by atoms with Crippen molar-refractivity contribution in [3.8, 4) is 0 Å². The molecule has 3 aliphatic carbocycles.